The van der Waals surface area contributed by atoms with Gasteiger partial charge in [-0.3, -0.25) is 9.55 Å². The number of imidazole rings is 1. The van der Waals surface area contributed by atoms with Crippen LogP contribution in [0.3, 0.4) is 0 Å². The summed E-state index contributed by atoms with van der Waals surface area (Å²) in [6.07, 6.45) is 1.84. The van der Waals surface area contributed by atoms with E-state index in [9.17, 15) is 5.11 Å². The van der Waals surface area contributed by atoms with Crippen LogP contribution in [0.15, 0.2) is 146 Å². The number of hydrogen-bond acceptors (Lipinski definition) is 3. The molecule has 2 aromatic heterocycles. The molecule has 0 saturated carbocycles. The Kier molecular flexibility index (Phi) is 7.00. The first kappa shape index (κ1) is 27.7. The van der Waals surface area contributed by atoms with E-state index in [0.29, 0.717) is 17.0 Å². The van der Waals surface area contributed by atoms with Gasteiger partial charge in [0.2, 0.25) is 0 Å². The molecule has 0 fully saturated rings. The SMILES string of the molecule is [2H]C([2H])([2H])c1ccc(-c2cc(-c3cc(-c4ccc(C)cc4)ccn3)cc(-c3cccc4c3nc(-c3cc(C)cc(C)c3O)n4-c3ccccc3)c2)cc1. The molecule has 1 N–H and O–H groups in total. The van der Waals surface area contributed by atoms with Crippen molar-refractivity contribution in [2.24, 2.45) is 0 Å². The van der Waals surface area contributed by atoms with Crippen molar-refractivity contribution in [2.75, 3.05) is 0 Å². The number of rotatable bonds is 6. The number of benzene rings is 6. The Morgan fingerprint density at radius 3 is 2.02 bits per heavy atom. The number of fused-ring (bicyclic) bond motifs is 1. The number of aromatic nitrogens is 3. The summed E-state index contributed by atoms with van der Waals surface area (Å²) >= 11 is 0. The molecule has 50 heavy (non-hydrogen) atoms. The van der Waals surface area contributed by atoms with Crippen molar-refractivity contribution in [3.8, 4) is 67.5 Å². The Morgan fingerprint density at radius 2 is 1.26 bits per heavy atom. The molecule has 4 nitrogen and oxygen atoms in total. The van der Waals surface area contributed by atoms with Gasteiger partial charge in [0, 0.05) is 27.1 Å². The van der Waals surface area contributed by atoms with Crippen molar-refractivity contribution in [2.45, 2.75) is 27.6 Å². The third kappa shape index (κ3) is 5.75. The highest BCUT2D eigenvalue weighted by Crippen LogP contribution is 2.41. The number of nitrogens with zero attached hydrogens (tertiary/aromatic N) is 3. The molecule has 8 rings (SSSR count). The van der Waals surface area contributed by atoms with Gasteiger partial charge in [0.15, 0.2) is 0 Å². The molecule has 0 unspecified atom stereocenters. The van der Waals surface area contributed by atoms with E-state index in [4.69, 9.17) is 14.1 Å². The molecule has 2 heterocycles. The second-order valence-electron chi connectivity index (χ2n) is 12.9. The lowest BCUT2D eigenvalue weighted by molar-refractivity contribution is 0.472. The van der Waals surface area contributed by atoms with Crippen LogP contribution in [0.4, 0.5) is 0 Å². The fourth-order valence-corrected chi connectivity index (χ4v) is 6.76. The number of phenolic OH excluding ortho intramolecular Hbond substituents is 1. The first-order valence-corrected chi connectivity index (χ1v) is 16.7. The zero-order valence-electron chi connectivity index (χ0n) is 31.1. The molecule has 0 atom stereocenters. The number of phenols is 1. The summed E-state index contributed by atoms with van der Waals surface area (Å²) < 4.78 is 25.8. The van der Waals surface area contributed by atoms with Crippen LogP contribution in [0, 0.1) is 27.6 Å². The summed E-state index contributed by atoms with van der Waals surface area (Å²) in [4.78, 5) is 10.1. The molecule has 0 spiro atoms. The van der Waals surface area contributed by atoms with Crippen LogP contribution in [0.25, 0.3) is 72.7 Å². The van der Waals surface area contributed by atoms with Crippen LogP contribution in [0.1, 0.15) is 26.4 Å². The molecule has 0 saturated heterocycles. The Hall–Kier alpha value is -6.26. The van der Waals surface area contributed by atoms with Crippen molar-refractivity contribution >= 4 is 11.0 Å². The van der Waals surface area contributed by atoms with E-state index in [-0.39, 0.29) is 5.75 Å². The van der Waals surface area contributed by atoms with Gasteiger partial charge in [0.1, 0.15) is 11.6 Å². The molecular weight excluding hydrogens is 611 g/mol. The largest absolute Gasteiger partial charge is 0.507 e. The van der Waals surface area contributed by atoms with E-state index in [1.165, 1.54) is 5.56 Å². The molecule has 4 heteroatoms. The average Bonchev–Trinajstić information content (AvgIpc) is 3.56. The molecule has 242 valence electrons. The van der Waals surface area contributed by atoms with Crippen LogP contribution in [0.5, 0.6) is 5.75 Å². The van der Waals surface area contributed by atoms with Crippen molar-refractivity contribution in [1.82, 2.24) is 14.5 Å². The molecule has 0 aliphatic rings. The maximum atomic E-state index is 11.4. The zero-order chi connectivity index (χ0) is 36.9. The minimum Gasteiger partial charge on any atom is -0.507 e. The Labute approximate surface area is 297 Å². The number of para-hydroxylation sites is 2. The molecule has 0 radical (unpaired) electrons. The van der Waals surface area contributed by atoms with Crippen molar-refractivity contribution < 1.29 is 9.22 Å². The highest BCUT2D eigenvalue weighted by atomic mass is 16.3. The van der Waals surface area contributed by atoms with E-state index < -0.39 is 6.85 Å². The standard InChI is InChI=1S/C46H37N3O/c1-29-13-17-33(18-14-29)35-21-22-47-42(28-35)38-26-36(34-19-15-30(2)16-20-34)25-37(27-38)40-11-8-12-43-44(40)48-46(49(43)39-9-6-5-7-10-39)41-24-31(3)23-32(4)45(41)50/h5-28,50H,1-4H3/i2D3. The minimum absolute atomic E-state index is 0.203. The fourth-order valence-electron chi connectivity index (χ4n) is 6.76. The van der Waals surface area contributed by atoms with Crippen LogP contribution in [-0.4, -0.2) is 19.6 Å². The van der Waals surface area contributed by atoms with E-state index in [1.54, 1.807) is 12.1 Å². The number of aryl methyl sites for hydroxylation is 4. The smallest absolute Gasteiger partial charge is 0.149 e. The maximum absolute atomic E-state index is 11.4. The van der Waals surface area contributed by atoms with Gasteiger partial charge in [-0.1, -0.05) is 96.1 Å². The monoisotopic (exact) mass is 650 g/mol. The molecule has 0 bridgehead atoms. The summed E-state index contributed by atoms with van der Waals surface area (Å²) in [6.45, 7) is 3.82. The lowest BCUT2D eigenvalue weighted by Gasteiger charge is -2.13. The number of pyridine rings is 1. The van der Waals surface area contributed by atoms with Gasteiger partial charge in [-0.05, 0) is 121 Å². The van der Waals surface area contributed by atoms with Gasteiger partial charge < -0.3 is 5.11 Å². The Morgan fingerprint density at radius 1 is 0.560 bits per heavy atom. The summed E-state index contributed by atoms with van der Waals surface area (Å²) in [5, 5.41) is 11.4. The second-order valence-corrected chi connectivity index (χ2v) is 12.9. The summed E-state index contributed by atoms with van der Waals surface area (Å²) in [7, 11) is 0. The first-order valence-electron chi connectivity index (χ1n) is 18.2. The van der Waals surface area contributed by atoms with Crippen LogP contribution in [-0.2, 0) is 0 Å². The molecule has 6 aromatic carbocycles. The quantitative estimate of drug-likeness (QED) is 0.195. The maximum Gasteiger partial charge on any atom is 0.149 e. The van der Waals surface area contributed by atoms with Crippen LogP contribution in [0.2, 0.25) is 0 Å². The average molecular weight is 651 g/mol. The normalized spacial score (nSPS) is 12.4. The Balaban J connectivity index is 1.37. The number of hydrogen-bond donors (Lipinski definition) is 1. The topological polar surface area (TPSA) is 50.9 Å². The van der Waals surface area contributed by atoms with Crippen molar-refractivity contribution in [1.29, 1.82) is 0 Å². The number of aromatic hydroxyl groups is 1. The van der Waals surface area contributed by atoms with Gasteiger partial charge in [0.05, 0.1) is 22.3 Å². The molecule has 0 amide bonds. The molecule has 8 aromatic rings. The predicted octanol–water partition coefficient (Wildman–Crippen LogP) is 11.7. The predicted molar refractivity (Wildman–Crippen MR) is 207 cm³/mol. The Bertz CT molecular complexity index is 2620. The van der Waals surface area contributed by atoms with Gasteiger partial charge in [0.25, 0.3) is 0 Å². The van der Waals surface area contributed by atoms with E-state index in [2.05, 4.69) is 72.2 Å². The lowest BCUT2D eigenvalue weighted by atomic mass is 9.93. The van der Waals surface area contributed by atoms with E-state index >= 15 is 0 Å². The molecule has 0 aliphatic carbocycles. The first-order chi connectivity index (χ1) is 25.5. The highest BCUT2D eigenvalue weighted by Gasteiger charge is 2.21. The zero-order valence-corrected chi connectivity index (χ0v) is 28.1. The molecular formula is C46H37N3O. The van der Waals surface area contributed by atoms with E-state index in [1.807, 2.05) is 86.8 Å². The van der Waals surface area contributed by atoms with Gasteiger partial charge >= 0.3 is 0 Å². The second kappa shape index (κ2) is 12.6. The van der Waals surface area contributed by atoms with E-state index in [0.717, 1.165) is 72.5 Å². The summed E-state index contributed by atoms with van der Waals surface area (Å²) in [5.41, 5.74) is 14.1. The molecule has 0 aliphatic heterocycles. The summed E-state index contributed by atoms with van der Waals surface area (Å²) in [5.74, 6) is 0.848. The highest BCUT2D eigenvalue weighted by molar-refractivity contribution is 5.97. The fraction of sp³-hybridized carbons (Fsp3) is 0.0870. The van der Waals surface area contributed by atoms with Crippen molar-refractivity contribution in [3.05, 3.63) is 168 Å². The third-order valence-electron chi connectivity index (χ3n) is 9.29. The van der Waals surface area contributed by atoms with Crippen LogP contribution >= 0.6 is 0 Å². The van der Waals surface area contributed by atoms with Crippen molar-refractivity contribution in [3.63, 3.8) is 0 Å². The van der Waals surface area contributed by atoms with Gasteiger partial charge in [-0.2, -0.15) is 0 Å². The van der Waals surface area contributed by atoms with Gasteiger partial charge in [-0.25, -0.2) is 4.98 Å². The minimum atomic E-state index is -2.19. The van der Waals surface area contributed by atoms with Crippen LogP contribution < -0.4 is 0 Å². The third-order valence-corrected chi connectivity index (χ3v) is 9.29. The summed E-state index contributed by atoms with van der Waals surface area (Å²) in [6, 6.07) is 46.3. The van der Waals surface area contributed by atoms with Gasteiger partial charge in [-0.15, -0.1) is 0 Å². The lowest BCUT2D eigenvalue weighted by Crippen LogP contribution is -1.98.